The summed E-state index contributed by atoms with van der Waals surface area (Å²) in [5, 5.41) is 7.14. The van der Waals surface area contributed by atoms with E-state index in [0.29, 0.717) is 0 Å². The van der Waals surface area contributed by atoms with Crippen molar-refractivity contribution in [2.24, 2.45) is 0 Å². The molecule has 4 heteroatoms. The van der Waals surface area contributed by atoms with Gasteiger partial charge in [0.05, 0.1) is 10.7 Å². The number of halogens is 2. The smallest absolute Gasteiger partial charge is 0.141 e. The number of nitrogens with zero attached hydrogens (tertiary/aromatic N) is 1. The second-order valence-corrected chi connectivity index (χ2v) is 3.67. The molecule has 1 aromatic heterocycles. The maximum atomic E-state index is 12.9. The molecule has 0 fully saturated rings. The molecule has 1 aromatic carbocycles. The van der Waals surface area contributed by atoms with Crippen molar-refractivity contribution in [3.8, 4) is 11.3 Å². The molecule has 1 N–H and O–H groups in total. The van der Waals surface area contributed by atoms with Gasteiger partial charge in [0.15, 0.2) is 0 Å². The Hall–Kier alpha value is -1.35. The van der Waals surface area contributed by atoms with Gasteiger partial charge in [0, 0.05) is 11.3 Å². The van der Waals surface area contributed by atoms with E-state index in [1.165, 1.54) is 6.07 Å². The van der Waals surface area contributed by atoms with Crippen molar-refractivity contribution in [2.75, 3.05) is 0 Å². The molecule has 0 radical (unpaired) electrons. The molecular weight excluding hydrogens is 215 g/mol. The Labute approximate surface area is 92.1 Å². The van der Waals surface area contributed by atoms with Crippen molar-refractivity contribution >= 4 is 11.6 Å². The first-order valence-corrected chi connectivity index (χ1v) is 5.08. The van der Waals surface area contributed by atoms with Crippen LogP contribution in [0.25, 0.3) is 11.3 Å². The summed E-state index contributed by atoms with van der Waals surface area (Å²) in [5.74, 6) is -0.410. The lowest BCUT2D eigenvalue weighted by Crippen LogP contribution is -1.81. The van der Waals surface area contributed by atoms with E-state index in [2.05, 4.69) is 10.2 Å². The molecule has 2 nitrogen and oxygen atoms in total. The molecule has 0 amide bonds. The van der Waals surface area contributed by atoms with Crippen LogP contribution in [-0.2, 0) is 6.42 Å². The zero-order chi connectivity index (χ0) is 10.8. The molecule has 2 aromatic rings. The van der Waals surface area contributed by atoms with Crippen LogP contribution in [0.1, 0.15) is 12.6 Å². The van der Waals surface area contributed by atoms with Crippen LogP contribution in [0.4, 0.5) is 4.39 Å². The van der Waals surface area contributed by atoms with Gasteiger partial charge in [-0.15, -0.1) is 0 Å². The van der Waals surface area contributed by atoms with Gasteiger partial charge in [-0.25, -0.2) is 4.39 Å². The average Bonchev–Trinajstić information content (AvgIpc) is 2.70. The van der Waals surface area contributed by atoms with Crippen molar-refractivity contribution in [3.05, 3.63) is 40.8 Å². The van der Waals surface area contributed by atoms with Crippen molar-refractivity contribution < 1.29 is 4.39 Å². The number of benzene rings is 1. The van der Waals surface area contributed by atoms with Crippen LogP contribution in [0.3, 0.4) is 0 Å². The van der Waals surface area contributed by atoms with Crippen molar-refractivity contribution in [1.82, 2.24) is 10.2 Å². The van der Waals surface area contributed by atoms with Crippen molar-refractivity contribution in [2.45, 2.75) is 13.3 Å². The quantitative estimate of drug-likeness (QED) is 0.832. The van der Waals surface area contributed by atoms with Gasteiger partial charge in [0.1, 0.15) is 5.82 Å². The Bertz CT molecular complexity index is 479. The minimum atomic E-state index is -0.410. The minimum absolute atomic E-state index is 0.119. The van der Waals surface area contributed by atoms with E-state index < -0.39 is 5.82 Å². The zero-order valence-electron chi connectivity index (χ0n) is 8.22. The first kappa shape index (κ1) is 10.2. The molecule has 2 rings (SSSR count). The highest BCUT2D eigenvalue weighted by Crippen LogP contribution is 2.23. The molecule has 0 aliphatic carbocycles. The van der Waals surface area contributed by atoms with Gasteiger partial charge in [-0.2, -0.15) is 5.10 Å². The fourth-order valence-electron chi connectivity index (χ4n) is 1.35. The van der Waals surface area contributed by atoms with Crippen LogP contribution in [0, 0.1) is 5.82 Å². The van der Waals surface area contributed by atoms with Gasteiger partial charge in [-0.3, -0.25) is 5.10 Å². The molecule has 0 spiro atoms. The number of aryl methyl sites for hydroxylation is 1. The Morgan fingerprint density at radius 1 is 1.40 bits per heavy atom. The third-order valence-corrected chi connectivity index (χ3v) is 2.52. The van der Waals surface area contributed by atoms with Crippen LogP contribution in [0.15, 0.2) is 24.3 Å². The molecular formula is C11H10ClFN2. The van der Waals surface area contributed by atoms with Gasteiger partial charge < -0.3 is 0 Å². The summed E-state index contributed by atoms with van der Waals surface area (Å²) in [5.41, 5.74) is 2.65. The highest BCUT2D eigenvalue weighted by Gasteiger charge is 2.05. The summed E-state index contributed by atoms with van der Waals surface area (Å²) in [6, 6.07) is 6.52. The summed E-state index contributed by atoms with van der Waals surface area (Å²) >= 11 is 5.69. The van der Waals surface area contributed by atoms with E-state index in [1.54, 1.807) is 12.1 Å². The van der Waals surface area contributed by atoms with E-state index in [9.17, 15) is 4.39 Å². The predicted octanol–water partition coefficient (Wildman–Crippen LogP) is 3.43. The standard InChI is InChI=1S/C11H10ClFN2/c1-2-8-6-11(15-14-8)7-3-4-10(13)9(12)5-7/h3-6H,2H2,1H3,(H,14,15). The first-order valence-electron chi connectivity index (χ1n) is 4.70. The van der Waals surface area contributed by atoms with Crippen molar-refractivity contribution in [3.63, 3.8) is 0 Å². The number of H-pyrrole nitrogens is 1. The number of aromatic nitrogens is 2. The van der Waals surface area contributed by atoms with Gasteiger partial charge in [-0.05, 0) is 30.7 Å². The Balaban J connectivity index is 2.40. The SMILES string of the molecule is CCc1cc(-c2ccc(F)c(Cl)c2)n[nH]1. The third-order valence-electron chi connectivity index (χ3n) is 2.23. The fourth-order valence-corrected chi connectivity index (χ4v) is 1.53. The van der Waals surface area contributed by atoms with E-state index in [0.717, 1.165) is 23.4 Å². The highest BCUT2D eigenvalue weighted by molar-refractivity contribution is 6.31. The molecule has 0 saturated heterocycles. The summed E-state index contributed by atoms with van der Waals surface area (Å²) < 4.78 is 12.9. The van der Waals surface area contributed by atoms with Gasteiger partial charge >= 0.3 is 0 Å². The average molecular weight is 225 g/mol. The second-order valence-electron chi connectivity index (χ2n) is 3.26. The lowest BCUT2D eigenvalue weighted by atomic mass is 10.1. The van der Waals surface area contributed by atoms with Crippen LogP contribution in [0.2, 0.25) is 5.02 Å². The second kappa shape index (κ2) is 4.03. The summed E-state index contributed by atoms with van der Waals surface area (Å²) in [6.45, 7) is 2.04. The van der Waals surface area contributed by atoms with Gasteiger partial charge in [-0.1, -0.05) is 18.5 Å². The van der Waals surface area contributed by atoms with Crippen LogP contribution >= 0.6 is 11.6 Å². The molecule has 0 bridgehead atoms. The highest BCUT2D eigenvalue weighted by atomic mass is 35.5. The van der Waals surface area contributed by atoms with E-state index >= 15 is 0 Å². The predicted molar refractivity (Wildman–Crippen MR) is 58.4 cm³/mol. The Kier molecular flexibility index (Phi) is 2.73. The van der Waals surface area contributed by atoms with E-state index in [1.807, 2.05) is 13.0 Å². The monoisotopic (exact) mass is 224 g/mol. The fraction of sp³-hybridized carbons (Fsp3) is 0.182. The summed E-state index contributed by atoms with van der Waals surface area (Å²) in [4.78, 5) is 0. The lowest BCUT2D eigenvalue weighted by molar-refractivity contribution is 0.628. The van der Waals surface area contributed by atoms with E-state index in [4.69, 9.17) is 11.6 Å². The zero-order valence-corrected chi connectivity index (χ0v) is 8.98. The number of aromatic amines is 1. The summed E-state index contributed by atoms with van der Waals surface area (Å²) in [6.07, 6.45) is 0.891. The molecule has 1 heterocycles. The molecule has 0 unspecified atom stereocenters. The maximum Gasteiger partial charge on any atom is 0.141 e. The first-order chi connectivity index (χ1) is 7.20. The van der Waals surface area contributed by atoms with Crippen molar-refractivity contribution in [1.29, 1.82) is 0 Å². The molecule has 0 atom stereocenters. The lowest BCUT2D eigenvalue weighted by Gasteiger charge is -1.97. The number of nitrogens with one attached hydrogen (secondary N) is 1. The molecule has 0 aliphatic rings. The third kappa shape index (κ3) is 2.02. The number of rotatable bonds is 2. The number of hydrogen-bond donors (Lipinski definition) is 1. The summed E-state index contributed by atoms with van der Waals surface area (Å²) in [7, 11) is 0. The Morgan fingerprint density at radius 3 is 2.80 bits per heavy atom. The molecule has 78 valence electrons. The number of hydrogen-bond acceptors (Lipinski definition) is 1. The largest absolute Gasteiger partial charge is 0.282 e. The van der Waals surface area contributed by atoms with Gasteiger partial charge in [0.2, 0.25) is 0 Å². The molecule has 0 saturated carbocycles. The molecule has 0 aliphatic heterocycles. The van der Waals surface area contributed by atoms with Crippen LogP contribution in [0.5, 0.6) is 0 Å². The van der Waals surface area contributed by atoms with Crippen LogP contribution in [-0.4, -0.2) is 10.2 Å². The Morgan fingerprint density at radius 2 is 2.20 bits per heavy atom. The van der Waals surface area contributed by atoms with E-state index in [-0.39, 0.29) is 5.02 Å². The maximum absolute atomic E-state index is 12.9. The topological polar surface area (TPSA) is 28.7 Å². The normalized spacial score (nSPS) is 10.6. The molecule has 15 heavy (non-hydrogen) atoms. The van der Waals surface area contributed by atoms with Crippen LogP contribution < -0.4 is 0 Å². The van der Waals surface area contributed by atoms with Gasteiger partial charge in [0.25, 0.3) is 0 Å². The minimum Gasteiger partial charge on any atom is -0.282 e.